The van der Waals surface area contributed by atoms with Gasteiger partial charge in [0.15, 0.2) is 0 Å². The Hall–Kier alpha value is -0.790. The summed E-state index contributed by atoms with van der Waals surface area (Å²) in [7, 11) is 0. The van der Waals surface area contributed by atoms with Gasteiger partial charge in [0.05, 0.1) is 0 Å². The zero-order valence-corrected chi connectivity index (χ0v) is 9.27. The highest BCUT2D eigenvalue weighted by Gasteiger charge is 2.15. The lowest BCUT2D eigenvalue weighted by Gasteiger charge is -2.19. The third kappa shape index (κ3) is 3.17. The highest BCUT2D eigenvalue weighted by molar-refractivity contribution is 5.70. The number of hydrogen-bond acceptors (Lipinski definition) is 2. The van der Waals surface area contributed by atoms with Crippen molar-refractivity contribution in [1.82, 2.24) is 0 Å². The molecule has 1 rings (SSSR count). The van der Waals surface area contributed by atoms with E-state index in [0.29, 0.717) is 6.42 Å². The van der Waals surface area contributed by atoms with Gasteiger partial charge in [0.1, 0.15) is 5.76 Å². The Morgan fingerprint density at radius 2 is 2.00 bits per heavy atom. The normalized spacial score (nSPS) is 17.0. The van der Waals surface area contributed by atoms with Gasteiger partial charge in [-0.15, -0.1) is 0 Å². The molecule has 0 atom stereocenters. The quantitative estimate of drug-likeness (QED) is 0.642. The average molecular weight is 196 g/mol. The number of carbonyl (C=O) groups is 1. The van der Waals surface area contributed by atoms with E-state index >= 15 is 0 Å². The lowest BCUT2D eigenvalue weighted by molar-refractivity contribution is -0.139. The molecule has 0 saturated heterocycles. The first kappa shape index (κ1) is 11.3. The number of ether oxygens (including phenoxy) is 1. The van der Waals surface area contributed by atoms with E-state index in [0.717, 1.165) is 31.4 Å². The van der Waals surface area contributed by atoms with Crippen molar-refractivity contribution in [2.45, 2.75) is 58.8 Å². The van der Waals surface area contributed by atoms with Crippen LogP contribution < -0.4 is 0 Å². The van der Waals surface area contributed by atoms with Crippen molar-refractivity contribution >= 4 is 5.97 Å². The molecule has 2 nitrogen and oxygen atoms in total. The van der Waals surface area contributed by atoms with E-state index in [9.17, 15) is 4.79 Å². The maximum atomic E-state index is 11.2. The molecule has 80 valence electrons. The molecule has 0 unspecified atom stereocenters. The Bertz CT molecular complexity index is 228. The standard InChI is InChI=1S/C12H20O2/c1-3-7-10-8-5-6-9-11(10)14-12(13)4-2/h3-9H2,1-2H3. The average Bonchev–Trinajstić information content (AvgIpc) is 2.21. The summed E-state index contributed by atoms with van der Waals surface area (Å²) in [4.78, 5) is 11.2. The highest BCUT2D eigenvalue weighted by atomic mass is 16.5. The summed E-state index contributed by atoms with van der Waals surface area (Å²) in [6.07, 6.45) is 7.21. The van der Waals surface area contributed by atoms with Crippen LogP contribution >= 0.6 is 0 Å². The van der Waals surface area contributed by atoms with Crippen LogP contribution in [0.1, 0.15) is 58.8 Å². The minimum atomic E-state index is -0.0875. The van der Waals surface area contributed by atoms with Gasteiger partial charge >= 0.3 is 5.97 Å². The Labute approximate surface area is 86.3 Å². The van der Waals surface area contributed by atoms with Crippen LogP contribution in [-0.4, -0.2) is 5.97 Å². The van der Waals surface area contributed by atoms with Crippen LogP contribution in [0.15, 0.2) is 11.3 Å². The van der Waals surface area contributed by atoms with Crippen LogP contribution in [0, 0.1) is 0 Å². The Morgan fingerprint density at radius 1 is 1.29 bits per heavy atom. The molecule has 0 aromatic heterocycles. The fraction of sp³-hybridized carbons (Fsp3) is 0.750. The molecule has 0 bridgehead atoms. The second-order valence-corrected chi connectivity index (χ2v) is 3.81. The molecule has 1 aliphatic rings. The van der Waals surface area contributed by atoms with E-state index in [4.69, 9.17) is 4.74 Å². The third-order valence-electron chi connectivity index (χ3n) is 2.60. The second-order valence-electron chi connectivity index (χ2n) is 3.81. The Balaban J connectivity index is 2.62. The maximum Gasteiger partial charge on any atom is 0.310 e. The molecule has 0 aromatic rings. The molecule has 0 aromatic carbocycles. The van der Waals surface area contributed by atoms with Gasteiger partial charge in [-0.25, -0.2) is 0 Å². The highest BCUT2D eigenvalue weighted by Crippen LogP contribution is 2.28. The zero-order chi connectivity index (χ0) is 10.4. The first-order valence-corrected chi connectivity index (χ1v) is 5.69. The molecule has 14 heavy (non-hydrogen) atoms. The van der Waals surface area contributed by atoms with Gasteiger partial charge < -0.3 is 4.74 Å². The number of hydrogen-bond donors (Lipinski definition) is 0. The van der Waals surface area contributed by atoms with Gasteiger partial charge in [0.2, 0.25) is 0 Å². The van der Waals surface area contributed by atoms with Crippen LogP contribution in [0.2, 0.25) is 0 Å². The molecule has 0 saturated carbocycles. The van der Waals surface area contributed by atoms with E-state index < -0.39 is 0 Å². The second kappa shape index (κ2) is 5.84. The van der Waals surface area contributed by atoms with Crippen molar-refractivity contribution in [3.8, 4) is 0 Å². The van der Waals surface area contributed by atoms with Crippen molar-refractivity contribution in [1.29, 1.82) is 0 Å². The number of carbonyl (C=O) groups excluding carboxylic acids is 1. The van der Waals surface area contributed by atoms with Crippen LogP contribution in [-0.2, 0) is 9.53 Å². The van der Waals surface area contributed by atoms with Crippen LogP contribution in [0.3, 0.4) is 0 Å². The predicted molar refractivity (Wildman–Crippen MR) is 56.8 cm³/mol. The lowest BCUT2D eigenvalue weighted by atomic mass is 9.94. The molecule has 0 heterocycles. The number of rotatable bonds is 4. The molecule has 1 aliphatic carbocycles. The van der Waals surface area contributed by atoms with Gasteiger partial charge in [-0.05, 0) is 31.3 Å². The fourth-order valence-corrected chi connectivity index (χ4v) is 1.84. The van der Waals surface area contributed by atoms with E-state index in [1.807, 2.05) is 6.92 Å². The molecule has 0 fully saturated rings. The Kier molecular flexibility index (Phi) is 4.71. The predicted octanol–water partition coefficient (Wildman–Crippen LogP) is 3.57. The largest absolute Gasteiger partial charge is 0.431 e. The first-order chi connectivity index (χ1) is 6.77. The molecule has 0 radical (unpaired) electrons. The van der Waals surface area contributed by atoms with Crippen molar-refractivity contribution in [3.05, 3.63) is 11.3 Å². The fourth-order valence-electron chi connectivity index (χ4n) is 1.84. The number of esters is 1. The van der Waals surface area contributed by atoms with Gasteiger partial charge in [0.25, 0.3) is 0 Å². The molecule has 0 spiro atoms. The third-order valence-corrected chi connectivity index (χ3v) is 2.60. The minimum absolute atomic E-state index is 0.0875. The SMILES string of the molecule is CCCC1=C(OC(=O)CC)CCCC1. The van der Waals surface area contributed by atoms with Crippen LogP contribution in [0.25, 0.3) is 0 Å². The summed E-state index contributed by atoms with van der Waals surface area (Å²) in [5.41, 5.74) is 1.38. The van der Waals surface area contributed by atoms with E-state index in [2.05, 4.69) is 6.92 Å². The molecule has 0 amide bonds. The molecule has 0 N–H and O–H groups in total. The number of allylic oxidation sites excluding steroid dienone is 2. The molecule has 0 aliphatic heterocycles. The van der Waals surface area contributed by atoms with Crippen molar-refractivity contribution < 1.29 is 9.53 Å². The summed E-state index contributed by atoms with van der Waals surface area (Å²) in [5, 5.41) is 0. The summed E-state index contributed by atoms with van der Waals surface area (Å²) < 4.78 is 5.35. The summed E-state index contributed by atoms with van der Waals surface area (Å²) in [6.45, 7) is 4.01. The van der Waals surface area contributed by atoms with Crippen molar-refractivity contribution in [3.63, 3.8) is 0 Å². The summed E-state index contributed by atoms with van der Waals surface area (Å²) in [6, 6.07) is 0. The minimum Gasteiger partial charge on any atom is -0.431 e. The lowest BCUT2D eigenvalue weighted by Crippen LogP contribution is -2.08. The zero-order valence-electron chi connectivity index (χ0n) is 9.27. The summed E-state index contributed by atoms with van der Waals surface area (Å²) >= 11 is 0. The van der Waals surface area contributed by atoms with Crippen LogP contribution in [0.5, 0.6) is 0 Å². The Morgan fingerprint density at radius 3 is 2.64 bits per heavy atom. The van der Waals surface area contributed by atoms with Gasteiger partial charge in [-0.2, -0.15) is 0 Å². The molecular weight excluding hydrogens is 176 g/mol. The molecular formula is C12H20O2. The molecule has 2 heteroatoms. The van der Waals surface area contributed by atoms with Gasteiger partial charge in [-0.3, -0.25) is 4.79 Å². The van der Waals surface area contributed by atoms with Crippen molar-refractivity contribution in [2.24, 2.45) is 0 Å². The van der Waals surface area contributed by atoms with Gasteiger partial charge in [0, 0.05) is 12.8 Å². The smallest absolute Gasteiger partial charge is 0.310 e. The van der Waals surface area contributed by atoms with Gasteiger partial charge in [-0.1, -0.05) is 20.3 Å². The monoisotopic (exact) mass is 196 g/mol. The maximum absolute atomic E-state index is 11.2. The first-order valence-electron chi connectivity index (χ1n) is 5.69. The van der Waals surface area contributed by atoms with Crippen LogP contribution in [0.4, 0.5) is 0 Å². The van der Waals surface area contributed by atoms with Crippen molar-refractivity contribution in [2.75, 3.05) is 0 Å². The van der Waals surface area contributed by atoms with E-state index in [1.165, 1.54) is 18.4 Å². The van der Waals surface area contributed by atoms with E-state index in [1.54, 1.807) is 0 Å². The topological polar surface area (TPSA) is 26.3 Å². The summed E-state index contributed by atoms with van der Waals surface area (Å²) in [5.74, 6) is 0.889. The van der Waals surface area contributed by atoms with E-state index in [-0.39, 0.29) is 5.97 Å².